The Kier molecular flexibility index (Phi) is 6.56. The maximum Gasteiger partial charge on any atom is 0.340 e. The normalized spacial score (nSPS) is 17.0. The molecule has 140 valence electrons. The first-order valence-electron chi connectivity index (χ1n) is 7.99. The van der Waals surface area contributed by atoms with E-state index in [1.807, 2.05) is 0 Å². The molecule has 0 amide bonds. The zero-order chi connectivity index (χ0) is 19.4. The molecule has 1 aliphatic rings. The zero-order valence-electron chi connectivity index (χ0n) is 14.6. The van der Waals surface area contributed by atoms with Crippen molar-refractivity contribution in [2.75, 3.05) is 13.2 Å². The molecule has 0 saturated carbocycles. The minimum atomic E-state index is -0.923. The molecule has 0 fully saturated rings. The molecule has 1 aromatic rings. The van der Waals surface area contributed by atoms with Gasteiger partial charge < -0.3 is 19.9 Å². The lowest BCUT2D eigenvalue weighted by molar-refractivity contribution is -0.140. The van der Waals surface area contributed by atoms with Gasteiger partial charge in [0.2, 0.25) is 5.88 Å². The van der Waals surface area contributed by atoms with Gasteiger partial charge >= 0.3 is 11.9 Å². The van der Waals surface area contributed by atoms with E-state index < -0.39 is 17.9 Å². The van der Waals surface area contributed by atoms with Crippen LogP contribution in [0.5, 0.6) is 0 Å². The van der Waals surface area contributed by atoms with Crippen molar-refractivity contribution in [1.82, 2.24) is 0 Å². The number of hydrogen-bond donors (Lipinski definition) is 1. The van der Waals surface area contributed by atoms with Gasteiger partial charge in [0.05, 0.1) is 34.8 Å². The molecule has 0 unspecified atom stereocenters. The highest BCUT2D eigenvalue weighted by molar-refractivity contribution is 6.42. The molecule has 1 atom stereocenters. The van der Waals surface area contributed by atoms with Crippen LogP contribution in [0, 0.1) is 0 Å². The smallest absolute Gasteiger partial charge is 0.340 e. The highest BCUT2D eigenvalue weighted by atomic mass is 35.5. The van der Waals surface area contributed by atoms with Crippen LogP contribution in [-0.4, -0.2) is 25.2 Å². The zero-order valence-corrected chi connectivity index (χ0v) is 16.1. The molecule has 0 saturated heterocycles. The number of ether oxygens (including phenoxy) is 3. The van der Waals surface area contributed by atoms with E-state index in [4.69, 9.17) is 43.1 Å². The summed E-state index contributed by atoms with van der Waals surface area (Å²) in [5.41, 5.74) is 6.47. The molecule has 26 heavy (non-hydrogen) atoms. The third kappa shape index (κ3) is 3.81. The Morgan fingerprint density at radius 1 is 1.12 bits per heavy atom. The standard InChI is InChI=1S/C18H19Cl2NO5/c1-4-24-17(22)12-9(3)26-16(21)14(18(23)25-5-2)13(12)10-7-6-8-11(19)15(10)20/h6-8,13H,4-5,21H2,1-3H3/t13-/m0/s1. The quantitative estimate of drug-likeness (QED) is 0.759. The summed E-state index contributed by atoms with van der Waals surface area (Å²) in [4.78, 5) is 25.1. The Morgan fingerprint density at radius 3 is 2.27 bits per heavy atom. The summed E-state index contributed by atoms with van der Waals surface area (Å²) in [6, 6.07) is 4.92. The van der Waals surface area contributed by atoms with Crippen molar-refractivity contribution in [3.8, 4) is 0 Å². The molecule has 2 rings (SSSR count). The molecule has 1 heterocycles. The maximum atomic E-state index is 12.6. The van der Waals surface area contributed by atoms with Crippen LogP contribution in [0.15, 0.2) is 41.0 Å². The van der Waals surface area contributed by atoms with Crippen LogP contribution in [0.4, 0.5) is 0 Å². The van der Waals surface area contributed by atoms with Gasteiger partial charge in [-0.2, -0.15) is 0 Å². The summed E-state index contributed by atoms with van der Waals surface area (Å²) in [6.07, 6.45) is 0. The first kappa shape index (κ1) is 20.1. The Bertz CT molecular complexity index is 761. The van der Waals surface area contributed by atoms with E-state index in [1.165, 1.54) is 0 Å². The van der Waals surface area contributed by atoms with Crippen molar-refractivity contribution in [2.45, 2.75) is 26.7 Å². The van der Waals surface area contributed by atoms with Crippen molar-refractivity contribution in [2.24, 2.45) is 5.73 Å². The molecule has 0 aliphatic carbocycles. The number of hydrogen-bond acceptors (Lipinski definition) is 6. The Hall–Kier alpha value is -2.18. The lowest BCUT2D eigenvalue weighted by Gasteiger charge is -2.29. The Morgan fingerprint density at radius 2 is 1.69 bits per heavy atom. The number of carbonyl (C=O) groups excluding carboxylic acids is 2. The molecule has 0 aromatic heterocycles. The van der Waals surface area contributed by atoms with Crippen LogP contribution < -0.4 is 5.73 Å². The summed E-state index contributed by atoms with van der Waals surface area (Å²) >= 11 is 12.5. The van der Waals surface area contributed by atoms with Crippen molar-refractivity contribution < 1.29 is 23.8 Å². The molecule has 6 nitrogen and oxygen atoms in total. The minimum Gasteiger partial charge on any atom is -0.463 e. The van der Waals surface area contributed by atoms with Crippen LogP contribution >= 0.6 is 23.2 Å². The number of carbonyl (C=O) groups is 2. The fourth-order valence-corrected chi connectivity index (χ4v) is 3.13. The van der Waals surface area contributed by atoms with E-state index in [0.717, 1.165) is 0 Å². The highest BCUT2D eigenvalue weighted by Gasteiger charge is 2.41. The lowest BCUT2D eigenvalue weighted by Crippen LogP contribution is -2.30. The van der Waals surface area contributed by atoms with Gasteiger partial charge in [-0.25, -0.2) is 9.59 Å². The van der Waals surface area contributed by atoms with Gasteiger partial charge in [0.25, 0.3) is 0 Å². The fourth-order valence-electron chi connectivity index (χ4n) is 2.72. The van der Waals surface area contributed by atoms with Crippen molar-refractivity contribution in [1.29, 1.82) is 0 Å². The predicted molar refractivity (Wildman–Crippen MR) is 97.5 cm³/mol. The average Bonchev–Trinajstić information content (AvgIpc) is 2.57. The first-order valence-corrected chi connectivity index (χ1v) is 8.75. The van der Waals surface area contributed by atoms with E-state index in [1.54, 1.807) is 39.0 Å². The van der Waals surface area contributed by atoms with Crippen molar-refractivity contribution in [3.63, 3.8) is 0 Å². The van der Waals surface area contributed by atoms with Gasteiger partial charge in [0.1, 0.15) is 11.3 Å². The summed E-state index contributed by atoms with van der Waals surface area (Å²) in [6.45, 7) is 5.18. The maximum absolute atomic E-state index is 12.6. The summed E-state index contributed by atoms with van der Waals surface area (Å²) in [5.74, 6) is -2.21. The van der Waals surface area contributed by atoms with Crippen LogP contribution in [0.3, 0.4) is 0 Å². The largest absolute Gasteiger partial charge is 0.463 e. The third-order valence-electron chi connectivity index (χ3n) is 3.77. The van der Waals surface area contributed by atoms with Gasteiger partial charge in [0.15, 0.2) is 0 Å². The van der Waals surface area contributed by atoms with Gasteiger partial charge in [-0.05, 0) is 32.4 Å². The number of allylic oxidation sites excluding steroid dienone is 1. The molecule has 1 aliphatic heterocycles. The summed E-state index contributed by atoms with van der Waals surface area (Å²) < 4.78 is 15.6. The SMILES string of the molecule is CCOC(=O)C1=C(C)OC(N)=C(C(=O)OCC)[C@H]1c1cccc(Cl)c1Cl. The minimum absolute atomic E-state index is 0.0235. The van der Waals surface area contributed by atoms with E-state index in [2.05, 4.69) is 0 Å². The summed E-state index contributed by atoms with van der Waals surface area (Å²) in [7, 11) is 0. The molecule has 0 spiro atoms. The number of nitrogens with two attached hydrogens (primary N) is 1. The Balaban J connectivity index is 2.71. The van der Waals surface area contributed by atoms with Gasteiger partial charge in [-0.15, -0.1) is 0 Å². The van der Waals surface area contributed by atoms with Crippen molar-refractivity contribution >= 4 is 35.1 Å². The van der Waals surface area contributed by atoms with Crippen molar-refractivity contribution in [3.05, 3.63) is 56.6 Å². The van der Waals surface area contributed by atoms with Crippen LogP contribution in [0.1, 0.15) is 32.3 Å². The number of halogens is 2. The average molecular weight is 400 g/mol. The van der Waals surface area contributed by atoms with E-state index in [0.29, 0.717) is 5.56 Å². The second-order valence-corrected chi connectivity index (χ2v) is 6.15. The molecule has 0 bridgehead atoms. The van der Waals surface area contributed by atoms with Gasteiger partial charge in [-0.3, -0.25) is 0 Å². The van der Waals surface area contributed by atoms with E-state index in [9.17, 15) is 9.59 Å². The fraction of sp³-hybridized carbons (Fsp3) is 0.333. The van der Waals surface area contributed by atoms with Gasteiger partial charge in [0, 0.05) is 0 Å². The molecule has 1 aromatic carbocycles. The van der Waals surface area contributed by atoms with Crippen LogP contribution in [0.25, 0.3) is 0 Å². The molecule has 8 heteroatoms. The Labute approximate surface area is 161 Å². The molecule has 0 radical (unpaired) electrons. The van der Waals surface area contributed by atoms with E-state index in [-0.39, 0.29) is 46.0 Å². The number of benzene rings is 1. The number of esters is 2. The highest BCUT2D eigenvalue weighted by Crippen LogP contribution is 2.44. The second-order valence-electron chi connectivity index (χ2n) is 5.37. The van der Waals surface area contributed by atoms with Crippen LogP contribution in [-0.2, 0) is 23.8 Å². The summed E-state index contributed by atoms with van der Waals surface area (Å²) in [5, 5.41) is 0.476. The second kappa shape index (κ2) is 8.47. The number of rotatable bonds is 5. The van der Waals surface area contributed by atoms with Gasteiger partial charge in [-0.1, -0.05) is 35.3 Å². The first-order chi connectivity index (χ1) is 12.3. The predicted octanol–water partition coefficient (Wildman–Crippen LogP) is 3.68. The molecule has 2 N–H and O–H groups in total. The molecular weight excluding hydrogens is 381 g/mol. The lowest BCUT2D eigenvalue weighted by atomic mass is 9.82. The topological polar surface area (TPSA) is 87.9 Å². The third-order valence-corrected chi connectivity index (χ3v) is 4.60. The van der Waals surface area contributed by atoms with E-state index >= 15 is 0 Å². The van der Waals surface area contributed by atoms with Crippen LogP contribution in [0.2, 0.25) is 10.0 Å². The monoisotopic (exact) mass is 399 g/mol. The molecular formula is C18H19Cl2NO5.